The molecule has 120 valence electrons. The second-order valence-electron chi connectivity index (χ2n) is 4.15. The van der Waals surface area contributed by atoms with Gasteiger partial charge in [0.25, 0.3) is 5.91 Å². The summed E-state index contributed by atoms with van der Waals surface area (Å²) in [5.74, 6) is -2.55. The Hall–Kier alpha value is -2.64. The number of likely N-dealkylation sites (N-methyl/N-ethyl adjacent to an activating group) is 1. The Morgan fingerprint density at radius 1 is 1.18 bits per heavy atom. The molecule has 2 amide bonds. The van der Waals surface area contributed by atoms with Crippen molar-refractivity contribution in [3.63, 3.8) is 0 Å². The lowest BCUT2D eigenvalue weighted by Crippen LogP contribution is -2.38. The molecule has 1 aromatic rings. The molecule has 0 saturated carbocycles. The normalized spacial score (nSPS) is 9.77. The molecule has 0 bridgehead atoms. The zero-order chi connectivity index (χ0) is 16.5. The molecule has 0 aliphatic rings. The summed E-state index contributed by atoms with van der Waals surface area (Å²) in [5.41, 5.74) is -0.308. The number of ether oxygens (including phenoxy) is 2. The molecule has 0 atom stereocenters. The van der Waals surface area contributed by atoms with Crippen LogP contribution in [0.1, 0.15) is 17.3 Å². The van der Waals surface area contributed by atoms with Crippen LogP contribution in [0.15, 0.2) is 18.2 Å². The molecule has 0 saturated heterocycles. The van der Waals surface area contributed by atoms with Gasteiger partial charge in [-0.25, -0.2) is 9.18 Å². The van der Waals surface area contributed by atoms with E-state index in [1.54, 1.807) is 6.92 Å². The Morgan fingerprint density at radius 2 is 1.91 bits per heavy atom. The number of nitrogens with one attached hydrogen (secondary N) is 2. The van der Waals surface area contributed by atoms with E-state index in [2.05, 4.69) is 15.4 Å². The highest BCUT2D eigenvalue weighted by atomic mass is 19.1. The standard InChI is InChI=1S/C14H17FN2O5/c1-3-16-12(18)7-17-13(19)8-22-14(20)10-5-4-9(21-2)6-11(10)15/h4-6H,3,7-8H2,1-2H3,(H,16,18)(H,17,19). The average molecular weight is 312 g/mol. The van der Waals surface area contributed by atoms with Crippen LogP contribution in [0.25, 0.3) is 0 Å². The highest BCUT2D eigenvalue weighted by molar-refractivity contribution is 5.92. The molecule has 0 aliphatic carbocycles. The number of hydrogen-bond donors (Lipinski definition) is 2. The zero-order valence-corrected chi connectivity index (χ0v) is 12.3. The Kier molecular flexibility index (Phi) is 6.81. The summed E-state index contributed by atoms with van der Waals surface area (Å²) in [5, 5.41) is 4.75. The van der Waals surface area contributed by atoms with Gasteiger partial charge in [0, 0.05) is 12.6 Å². The topological polar surface area (TPSA) is 93.7 Å². The third kappa shape index (κ3) is 5.39. The smallest absolute Gasteiger partial charge is 0.341 e. The summed E-state index contributed by atoms with van der Waals surface area (Å²) in [6.07, 6.45) is 0. The Balaban J connectivity index is 2.45. The van der Waals surface area contributed by atoms with E-state index >= 15 is 0 Å². The minimum absolute atomic E-state index is 0.221. The van der Waals surface area contributed by atoms with E-state index in [0.29, 0.717) is 6.54 Å². The largest absolute Gasteiger partial charge is 0.497 e. The van der Waals surface area contributed by atoms with Gasteiger partial charge in [-0.15, -0.1) is 0 Å². The van der Waals surface area contributed by atoms with Gasteiger partial charge >= 0.3 is 5.97 Å². The first-order valence-corrected chi connectivity index (χ1v) is 6.52. The molecule has 0 heterocycles. The fourth-order valence-corrected chi connectivity index (χ4v) is 1.49. The van der Waals surface area contributed by atoms with Crippen molar-refractivity contribution >= 4 is 17.8 Å². The van der Waals surface area contributed by atoms with Gasteiger partial charge in [0.1, 0.15) is 11.6 Å². The molecule has 0 fully saturated rings. The Labute approximate surface area is 126 Å². The predicted octanol–water partition coefficient (Wildman–Crippen LogP) is 0.243. The zero-order valence-electron chi connectivity index (χ0n) is 12.3. The molecule has 7 nitrogen and oxygen atoms in total. The van der Waals surface area contributed by atoms with Crippen molar-refractivity contribution in [2.75, 3.05) is 26.8 Å². The molecular weight excluding hydrogens is 295 g/mol. The van der Waals surface area contributed by atoms with E-state index in [4.69, 9.17) is 4.74 Å². The van der Waals surface area contributed by atoms with Crippen molar-refractivity contribution in [1.29, 1.82) is 0 Å². The van der Waals surface area contributed by atoms with E-state index in [1.165, 1.54) is 19.2 Å². The number of methoxy groups -OCH3 is 1. The fourth-order valence-electron chi connectivity index (χ4n) is 1.49. The fraction of sp³-hybridized carbons (Fsp3) is 0.357. The molecule has 0 radical (unpaired) electrons. The summed E-state index contributed by atoms with van der Waals surface area (Å²) in [6.45, 7) is 1.36. The molecule has 22 heavy (non-hydrogen) atoms. The van der Waals surface area contributed by atoms with Gasteiger partial charge in [0.2, 0.25) is 5.91 Å². The van der Waals surface area contributed by atoms with E-state index in [0.717, 1.165) is 6.07 Å². The van der Waals surface area contributed by atoms with Crippen molar-refractivity contribution in [2.45, 2.75) is 6.92 Å². The van der Waals surface area contributed by atoms with E-state index in [-0.39, 0.29) is 23.8 Å². The molecule has 1 aromatic carbocycles. The number of carbonyl (C=O) groups excluding carboxylic acids is 3. The van der Waals surface area contributed by atoms with Gasteiger partial charge in [-0.3, -0.25) is 9.59 Å². The maximum Gasteiger partial charge on any atom is 0.341 e. The lowest BCUT2D eigenvalue weighted by Gasteiger charge is -2.08. The molecule has 2 N–H and O–H groups in total. The van der Waals surface area contributed by atoms with E-state index in [1.807, 2.05) is 0 Å². The van der Waals surface area contributed by atoms with Gasteiger partial charge in [0.15, 0.2) is 6.61 Å². The monoisotopic (exact) mass is 312 g/mol. The second-order valence-corrected chi connectivity index (χ2v) is 4.15. The van der Waals surface area contributed by atoms with Crippen LogP contribution < -0.4 is 15.4 Å². The highest BCUT2D eigenvalue weighted by Gasteiger charge is 2.15. The van der Waals surface area contributed by atoms with Crippen LogP contribution in [-0.2, 0) is 14.3 Å². The third-order valence-electron chi connectivity index (χ3n) is 2.55. The second kappa shape index (κ2) is 8.60. The van der Waals surface area contributed by atoms with Crippen LogP contribution in [0.5, 0.6) is 5.75 Å². The number of esters is 1. The Bertz CT molecular complexity index is 562. The molecule has 1 rings (SSSR count). The van der Waals surface area contributed by atoms with Crippen molar-refractivity contribution in [3.05, 3.63) is 29.6 Å². The van der Waals surface area contributed by atoms with Crippen molar-refractivity contribution in [2.24, 2.45) is 0 Å². The summed E-state index contributed by atoms with van der Waals surface area (Å²) < 4.78 is 23.1. The average Bonchev–Trinajstić information content (AvgIpc) is 2.50. The first-order valence-electron chi connectivity index (χ1n) is 6.52. The summed E-state index contributed by atoms with van der Waals surface area (Å²) in [6, 6.07) is 3.63. The minimum Gasteiger partial charge on any atom is -0.497 e. The van der Waals surface area contributed by atoms with Crippen LogP contribution in [-0.4, -0.2) is 44.6 Å². The first kappa shape index (κ1) is 17.4. The minimum atomic E-state index is -0.978. The lowest BCUT2D eigenvalue weighted by molar-refractivity contribution is -0.127. The number of amides is 2. The number of rotatable bonds is 7. The SMILES string of the molecule is CCNC(=O)CNC(=O)COC(=O)c1ccc(OC)cc1F. The van der Waals surface area contributed by atoms with Crippen LogP contribution in [0, 0.1) is 5.82 Å². The van der Waals surface area contributed by atoms with Gasteiger partial charge in [0.05, 0.1) is 19.2 Å². The third-order valence-corrected chi connectivity index (χ3v) is 2.55. The van der Waals surface area contributed by atoms with Crippen LogP contribution in [0.4, 0.5) is 4.39 Å². The van der Waals surface area contributed by atoms with E-state index in [9.17, 15) is 18.8 Å². The lowest BCUT2D eigenvalue weighted by atomic mass is 10.2. The number of hydrogen-bond acceptors (Lipinski definition) is 5. The van der Waals surface area contributed by atoms with Crippen LogP contribution in [0.3, 0.4) is 0 Å². The molecular formula is C14H17FN2O5. The summed E-state index contributed by atoms with van der Waals surface area (Å²) >= 11 is 0. The van der Waals surface area contributed by atoms with E-state index < -0.39 is 24.3 Å². The molecule has 0 aromatic heterocycles. The van der Waals surface area contributed by atoms with Gasteiger partial charge < -0.3 is 20.1 Å². The van der Waals surface area contributed by atoms with Gasteiger partial charge in [-0.05, 0) is 19.1 Å². The van der Waals surface area contributed by atoms with Crippen molar-refractivity contribution in [3.8, 4) is 5.75 Å². The van der Waals surface area contributed by atoms with Gasteiger partial charge in [-0.2, -0.15) is 0 Å². The van der Waals surface area contributed by atoms with Crippen molar-refractivity contribution in [1.82, 2.24) is 10.6 Å². The summed E-state index contributed by atoms with van der Waals surface area (Å²) in [4.78, 5) is 34.2. The predicted molar refractivity (Wildman–Crippen MR) is 74.9 cm³/mol. The summed E-state index contributed by atoms with van der Waals surface area (Å²) in [7, 11) is 1.37. The van der Waals surface area contributed by atoms with Crippen LogP contribution in [0.2, 0.25) is 0 Å². The number of halogens is 1. The first-order chi connectivity index (χ1) is 10.5. The van der Waals surface area contributed by atoms with Crippen LogP contribution >= 0.6 is 0 Å². The van der Waals surface area contributed by atoms with Crippen molar-refractivity contribution < 1.29 is 28.2 Å². The molecule has 8 heteroatoms. The maximum atomic E-state index is 13.6. The highest BCUT2D eigenvalue weighted by Crippen LogP contribution is 2.16. The van der Waals surface area contributed by atoms with Gasteiger partial charge in [-0.1, -0.05) is 0 Å². The number of benzene rings is 1. The quantitative estimate of drug-likeness (QED) is 0.704. The number of carbonyl (C=O) groups is 3. The molecule has 0 spiro atoms. The maximum absolute atomic E-state index is 13.6. The molecule has 0 aliphatic heterocycles. The Morgan fingerprint density at radius 3 is 2.50 bits per heavy atom. The molecule has 0 unspecified atom stereocenters.